The summed E-state index contributed by atoms with van der Waals surface area (Å²) in [5, 5.41) is 22.4. The van der Waals surface area contributed by atoms with E-state index >= 15 is 0 Å². The Bertz CT molecular complexity index is 2060. The van der Waals surface area contributed by atoms with Crippen molar-refractivity contribution in [1.29, 1.82) is 0 Å². The fraction of sp³-hybridized carbons (Fsp3) is 0.516. The standard InChI is InChI=1S/C31H40N2O22P2/c1-18(2)52-30(39)46-16-49-56(41,55-57(42,50-15-45-29(38)43-5)51-17-47-31(40)53-19(3)4)48-14-23-25(35)26(36)27(54-23)32-11-10-24(34)33(28(32)37)12-20-13-44-22-9-7-6-8-21(20)22/h6-11,13,18-19,23,25-27,35-36H,12,14-17H2,1-5H3/t23-,25?,26+,27-,56?,57?/m1/s1. The highest BCUT2D eigenvalue weighted by Gasteiger charge is 2.48. The van der Waals surface area contributed by atoms with Crippen molar-refractivity contribution in [3.8, 4) is 0 Å². The van der Waals surface area contributed by atoms with Crippen LogP contribution in [0.3, 0.4) is 0 Å². The van der Waals surface area contributed by atoms with Gasteiger partial charge in [0.25, 0.3) is 5.56 Å². The van der Waals surface area contributed by atoms with E-state index in [0.29, 0.717) is 16.5 Å². The Kier molecular flexibility index (Phi) is 16.0. The van der Waals surface area contributed by atoms with Gasteiger partial charge >= 0.3 is 39.8 Å². The van der Waals surface area contributed by atoms with Gasteiger partial charge in [-0.25, -0.2) is 41.9 Å². The Morgan fingerprint density at radius 3 is 1.95 bits per heavy atom. The number of fused-ring (bicyclic) bond motifs is 1. The molecule has 3 unspecified atom stereocenters. The molecule has 1 saturated heterocycles. The number of para-hydroxylation sites is 1. The van der Waals surface area contributed by atoms with Crippen molar-refractivity contribution in [2.45, 2.75) is 71.0 Å². The van der Waals surface area contributed by atoms with Crippen molar-refractivity contribution in [2.75, 3.05) is 34.1 Å². The maximum Gasteiger partial charge on any atom is 0.510 e. The highest BCUT2D eigenvalue weighted by molar-refractivity contribution is 7.62. The Hall–Kier alpha value is -4.61. The van der Waals surface area contributed by atoms with Crippen LogP contribution in [0.15, 0.2) is 56.8 Å². The van der Waals surface area contributed by atoms with Gasteiger partial charge in [0.1, 0.15) is 23.9 Å². The van der Waals surface area contributed by atoms with E-state index < -0.39 is 109 Å². The fourth-order valence-corrected chi connectivity index (χ4v) is 7.44. The monoisotopic (exact) mass is 854 g/mol. The molecule has 4 rings (SSSR count). The van der Waals surface area contributed by atoms with Crippen LogP contribution in [0, 0.1) is 0 Å². The van der Waals surface area contributed by atoms with Crippen LogP contribution in [-0.4, -0.2) is 102 Å². The number of furan rings is 1. The lowest BCUT2D eigenvalue weighted by molar-refractivity contribution is -0.0621. The second kappa shape index (κ2) is 20.2. The largest absolute Gasteiger partial charge is 0.510 e. The average Bonchev–Trinajstić information content (AvgIpc) is 3.67. The van der Waals surface area contributed by atoms with Crippen molar-refractivity contribution < 1.29 is 93.7 Å². The van der Waals surface area contributed by atoms with Gasteiger partial charge in [-0.2, -0.15) is 4.31 Å². The van der Waals surface area contributed by atoms with E-state index in [1.165, 1.54) is 34.0 Å². The fourth-order valence-electron chi connectivity index (χ4n) is 4.68. The minimum Gasteiger partial charge on any atom is -0.464 e. The number of methoxy groups -OCH3 is 1. The summed E-state index contributed by atoms with van der Waals surface area (Å²) in [6, 6.07) is 7.92. The number of aromatic nitrogens is 2. The van der Waals surface area contributed by atoms with Gasteiger partial charge in [-0.05, 0) is 33.8 Å². The van der Waals surface area contributed by atoms with Gasteiger partial charge in [-0.3, -0.25) is 18.5 Å². The van der Waals surface area contributed by atoms with Crippen LogP contribution in [0.5, 0.6) is 0 Å². The predicted molar refractivity (Wildman–Crippen MR) is 185 cm³/mol. The molecule has 3 heterocycles. The van der Waals surface area contributed by atoms with E-state index in [4.69, 9.17) is 41.0 Å². The molecule has 3 aromatic rings. The molecule has 6 atom stereocenters. The second-order valence-electron chi connectivity index (χ2n) is 12.0. The van der Waals surface area contributed by atoms with E-state index in [-0.39, 0.29) is 6.54 Å². The van der Waals surface area contributed by atoms with Crippen LogP contribution in [-0.2, 0) is 71.2 Å². The molecule has 1 aromatic carbocycles. The smallest absolute Gasteiger partial charge is 0.464 e. The van der Waals surface area contributed by atoms with Crippen molar-refractivity contribution in [3.05, 3.63) is 69.2 Å². The summed E-state index contributed by atoms with van der Waals surface area (Å²) < 4.78 is 92.7. The van der Waals surface area contributed by atoms with Gasteiger partial charge in [-0.15, -0.1) is 0 Å². The van der Waals surface area contributed by atoms with Crippen molar-refractivity contribution in [2.24, 2.45) is 0 Å². The first-order valence-corrected chi connectivity index (χ1v) is 19.5. The molecule has 1 aliphatic heterocycles. The first-order valence-electron chi connectivity index (χ1n) is 16.6. The Balaban J connectivity index is 1.54. The molecule has 0 aliphatic carbocycles. The van der Waals surface area contributed by atoms with Crippen molar-refractivity contribution >= 4 is 45.1 Å². The molecule has 0 bridgehead atoms. The lowest BCUT2D eigenvalue weighted by atomic mass is 10.1. The summed E-state index contributed by atoms with van der Waals surface area (Å²) in [5.74, 6) is 0. The molecule has 1 aliphatic rings. The molecule has 0 saturated carbocycles. The summed E-state index contributed by atoms with van der Waals surface area (Å²) in [5.41, 5.74) is -0.675. The summed E-state index contributed by atoms with van der Waals surface area (Å²) in [4.78, 5) is 61.5. The molecule has 57 heavy (non-hydrogen) atoms. The summed E-state index contributed by atoms with van der Waals surface area (Å²) in [6.45, 7) is 0.900. The molecule has 2 aromatic heterocycles. The van der Waals surface area contributed by atoms with Gasteiger partial charge in [0.2, 0.25) is 20.4 Å². The number of carbonyl (C=O) groups excluding carboxylic acids is 3. The first-order chi connectivity index (χ1) is 26.9. The molecule has 1 fully saturated rings. The normalized spacial score (nSPS) is 20.2. The highest BCUT2D eigenvalue weighted by Crippen LogP contribution is 2.66. The average molecular weight is 855 g/mol. The number of ether oxygens (including phenoxy) is 7. The van der Waals surface area contributed by atoms with Gasteiger partial charge < -0.3 is 47.8 Å². The molecule has 2 N–H and O–H groups in total. The Morgan fingerprint density at radius 1 is 0.807 bits per heavy atom. The molecule has 0 radical (unpaired) electrons. The molecule has 26 heteroatoms. The Morgan fingerprint density at radius 2 is 1.37 bits per heavy atom. The number of nitrogens with zero attached hydrogens (tertiary/aromatic N) is 2. The zero-order valence-electron chi connectivity index (χ0n) is 30.9. The zero-order chi connectivity index (χ0) is 41.9. The van der Waals surface area contributed by atoms with Crippen LogP contribution in [0.2, 0.25) is 0 Å². The number of hydrogen-bond donors (Lipinski definition) is 2. The number of phosphoric ester groups is 2. The lowest BCUT2D eigenvalue weighted by Gasteiger charge is -2.24. The quantitative estimate of drug-likeness (QED) is 0.0754. The van der Waals surface area contributed by atoms with Crippen LogP contribution in [0.4, 0.5) is 14.4 Å². The van der Waals surface area contributed by atoms with Gasteiger partial charge in [0.15, 0.2) is 6.23 Å². The highest BCUT2D eigenvalue weighted by atomic mass is 31.3. The molecule has 0 spiro atoms. The Labute approximate surface area is 322 Å². The topological polar surface area (TPSA) is 294 Å². The van der Waals surface area contributed by atoms with E-state index in [0.717, 1.165) is 28.5 Å². The van der Waals surface area contributed by atoms with Crippen LogP contribution < -0.4 is 11.2 Å². The molecular formula is C31H40N2O22P2. The number of aliphatic hydroxyl groups excluding tert-OH is 2. The maximum absolute atomic E-state index is 13.9. The molecule has 0 amide bonds. The van der Waals surface area contributed by atoms with E-state index in [1.807, 2.05) is 0 Å². The minimum absolute atomic E-state index is 0.239. The van der Waals surface area contributed by atoms with Crippen molar-refractivity contribution in [3.63, 3.8) is 0 Å². The minimum atomic E-state index is -5.44. The number of rotatable bonds is 19. The third-order valence-corrected chi connectivity index (χ3v) is 10.5. The van der Waals surface area contributed by atoms with Crippen LogP contribution in [0.25, 0.3) is 11.0 Å². The third kappa shape index (κ3) is 12.7. The van der Waals surface area contributed by atoms with Gasteiger partial charge in [-0.1, -0.05) is 18.2 Å². The number of carbonyl (C=O) groups is 3. The van der Waals surface area contributed by atoms with Crippen molar-refractivity contribution in [1.82, 2.24) is 9.13 Å². The van der Waals surface area contributed by atoms with Crippen LogP contribution >= 0.6 is 15.6 Å². The number of benzene rings is 1. The zero-order valence-corrected chi connectivity index (χ0v) is 32.7. The number of phosphoric acid groups is 2. The third-order valence-electron chi connectivity index (χ3n) is 7.19. The molecule has 316 valence electrons. The maximum atomic E-state index is 13.9. The van der Waals surface area contributed by atoms with E-state index in [1.54, 1.807) is 24.3 Å². The predicted octanol–water partition coefficient (Wildman–Crippen LogP) is 3.50. The molecular weight excluding hydrogens is 814 g/mol. The lowest BCUT2D eigenvalue weighted by Crippen LogP contribution is -2.43. The van der Waals surface area contributed by atoms with Gasteiger partial charge in [0, 0.05) is 23.2 Å². The number of aliphatic hydroxyl groups is 2. The van der Waals surface area contributed by atoms with Gasteiger partial charge in [0.05, 0.1) is 38.7 Å². The number of hydrogen-bond acceptors (Lipinski definition) is 22. The molecule has 24 nitrogen and oxygen atoms in total. The summed E-state index contributed by atoms with van der Waals surface area (Å²) in [7, 11) is -9.89. The SMILES string of the molecule is COC(=O)OCOP(=O)(OCOC(=O)OC(C)C)OP(=O)(OCOC(=O)OC(C)C)OC[C@H]1O[C@@H](n2ccc(=O)n(Cc3coc4ccccc34)c2=O)[C@@H](O)C1O. The van der Waals surface area contributed by atoms with E-state index in [9.17, 15) is 43.3 Å². The van der Waals surface area contributed by atoms with Crippen LogP contribution in [0.1, 0.15) is 39.5 Å². The summed E-state index contributed by atoms with van der Waals surface area (Å²) in [6.07, 6.45) is -9.96. The first kappa shape index (κ1) is 45.1. The summed E-state index contributed by atoms with van der Waals surface area (Å²) >= 11 is 0. The second-order valence-corrected chi connectivity index (χ2v) is 15.4. The van der Waals surface area contributed by atoms with E-state index in [2.05, 4.69) is 18.9 Å².